The van der Waals surface area contributed by atoms with E-state index in [0.717, 1.165) is 18.4 Å². The maximum absolute atomic E-state index is 14.4. The molecule has 0 unspecified atom stereocenters. The summed E-state index contributed by atoms with van der Waals surface area (Å²) in [7, 11) is 0. The highest BCUT2D eigenvalue weighted by Gasteiger charge is 2.22. The number of aromatic nitrogens is 1. The Kier molecular flexibility index (Phi) is 7.25. The van der Waals surface area contributed by atoms with Gasteiger partial charge in [0, 0.05) is 25.4 Å². The summed E-state index contributed by atoms with van der Waals surface area (Å²) in [5, 5.41) is 0. The third kappa shape index (κ3) is 6.02. The van der Waals surface area contributed by atoms with E-state index in [1.807, 2.05) is 30.3 Å². The van der Waals surface area contributed by atoms with Crippen molar-refractivity contribution in [3.63, 3.8) is 0 Å². The van der Waals surface area contributed by atoms with Gasteiger partial charge in [-0.3, -0.25) is 9.78 Å². The molecule has 1 aliphatic rings. The number of likely N-dealkylation sites (tertiary alicyclic amines) is 1. The Morgan fingerprint density at radius 3 is 2.62 bits per heavy atom. The molecule has 0 saturated carbocycles. The van der Waals surface area contributed by atoms with E-state index in [1.165, 1.54) is 18.3 Å². The molecule has 0 bridgehead atoms. The van der Waals surface area contributed by atoms with Crippen LogP contribution < -0.4 is 4.74 Å². The molecule has 0 radical (unpaired) electrons. The number of carbonyl (C=O) groups excluding carboxylic acids is 1. The van der Waals surface area contributed by atoms with Crippen molar-refractivity contribution >= 4 is 12.0 Å². The van der Waals surface area contributed by atoms with Gasteiger partial charge in [0.05, 0.1) is 18.9 Å². The number of nitrogens with zero attached hydrogens (tertiary/aromatic N) is 2. The second-order valence-electron chi connectivity index (χ2n) is 7.64. The first-order valence-corrected chi connectivity index (χ1v) is 10.7. The minimum absolute atomic E-state index is 0.0809. The van der Waals surface area contributed by atoms with E-state index in [-0.39, 0.29) is 17.8 Å². The number of rotatable bonds is 7. The quantitative estimate of drug-likeness (QED) is 0.480. The van der Waals surface area contributed by atoms with Crippen molar-refractivity contribution in [1.29, 1.82) is 0 Å². The standard InChI is InChI=1S/C26H25FN2O3/c27-24-17-20(8-10-25(24)32-23-7-4-14-28-18-23)9-11-26(30)29-15-12-22(13-16-29)31-19-21-5-2-1-3-6-21/h1-11,14,17-18,22H,12-13,15-16,19H2/b11-9+. The first-order valence-electron chi connectivity index (χ1n) is 10.7. The van der Waals surface area contributed by atoms with Crippen LogP contribution in [-0.2, 0) is 16.1 Å². The number of carbonyl (C=O) groups is 1. The summed E-state index contributed by atoms with van der Waals surface area (Å²) < 4.78 is 25.8. The fourth-order valence-corrected chi connectivity index (χ4v) is 3.54. The van der Waals surface area contributed by atoms with E-state index in [9.17, 15) is 9.18 Å². The minimum Gasteiger partial charge on any atom is -0.453 e. The van der Waals surface area contributed by atoms with Gasteiger partial charge in [0.1, 0.15) is 5.75 Å². The van der Waals surface area contributed by atoms with E-state index in [2.05, 4.69) is 4.98 Å². The third-order valence-corrected chi connectivity index (χ3v) is 5.32. The van der Waals surface area contributed by atoms with E-state index in [4.69, 9.17) is 9.47 Å². The van der Waals surface area contributed by atoms with Crippen LogP contribution in [0, 0.1) is 5.82 Å². The Morgan fingerprint density at radius 2 is 1.91 bits per heavy atom. The monoisotopic (exact) mass is 432 g/mol. The molecule has 0 aliphatic carbocycles. The first-order chi connectivity index (χ1) is 15.7. The predicted molar refractivity (Wildman–Crippen MR) is 121 cm³/mol. The molecule has 1 fully saturated rings. The van der Waals surface area contributed by atoms with Gasteiger partial charge in [0.25, 0.3) is 0 Å². The Bertz CT molecular complexity index is 1050. The zero-order chi connectivity index (χ0) is 22.2. The number of piperidine rings is 1. The lowest BCUT2D eigenvalue weighted by Crippen LogP contribution is -2.40. The third-order valence-electron chi connectivity index (χ3n) is 5.32. The summed E-state index contributed by atoms with van der Waals surface area (Å²) in [5.74, 6) is -0.0116. The highest BCUT2D eigenvalue weighted by atomic mass is 19.1. The van der Waals surface area contributed by atoms with Crippen LogP contribution in [0.15, 0.2) is 79.1 Å². The summed E-state index contributed by atoms with van der Waals surface area (Å²) in [4.78, 5) is 18.3. The van der Waals surface area contributed by atoms with Crippen molar-refractivity contribution in [3.8, 4) is 11.5 Å². The van der Waals surface area contributed by atoms with Gasteiger partial charge in [-0.1, -0.05) is 36.4 Å². The Hall–Kier alpha value is -3.51. The van der Waals surface area contributed by atoms with Crippen molar-refractivity contribution in [2.45, 2.75) is 25.6 Å². The lowest BCUT2D eigenvalue weighted by Gasteiger charge is -2.31. The van der Waals surface area contributed by atoms with Crippen molar-refractivity contribution in [1.82, 2.24) is 9.88 Å². The topological polar surface area (TPSA) is 51.7 Å². The van der Waals surface area contributed by atoms with Gasteiger partial charge < -0.3 is 14.4 Å². The number of benzene rings is 2. The van der Waals surface area contributed by atoms with Crippen LogP contribution in [0.5, 0.6) is 11.5 Å². The summed E-state index contributed by atoms with van der Waals surface area (Å²) in [6, 6.07) is 18.1. The van der Waals surface area contributed by atoms with Crippen LogP contribution in [0.25, 0.3) is 6.08 Å². The molecule has 4 rings (SSSR count). The molecule has 0 spiro atoms. The van der Waals surface area contributed by atoms with Gasteiger partial charge in [0.2, 0.25) is 5.91 Å². The summed E-state index contributed by atoms with van der Waals surface area (Å²) >= 11 is 0. The second-order valence-corrected chi connectivity index (χ2v) is 7.64. The summed E-state index contributed by atoms with van der Waals surface area (Å²) in [6.07, 6.45) is 8.02. The second kappa shape index (κ2) is 10.7. The number of hydrogen-bond donors (Lipinski definition) is 0. The van der Waals surface area contributed by atoms with E-state index in [1.54, 1.807) is 41.4 Å². The van der Waals surface area contributed by atoms with Crippen LogP contribution in [0.1, 0.15) is 24.0 Å². The summed E-state index contributed by atoms with van der Waals surface area (Å²) in [6.45, 7) is 1.88. The van der Waals surface area contributed by atoms with Crippen molar-refractivity contribution < 1.29 is 18.7 Å². The molecule has 3 aromatic rings. The number of halogens is 1. The molecule has 1 amide bonds. The number of hydrogen-bond acceptors (Lipinski definition) is 4. The number of pyridine rings is 1. The van der Waals surface area contributed by atoms with Crippen molar-refractivity contribution in [3.05, 3.63) is 96.1 Å². The predicted octanol–water partition coefficient (Wildman–Crippen LogP) is 5.23. The maximum Gasteiger partial charge on any atom is 0.246 e. The average Bonchev–Trinajstić information content (AvgIpc) is 2.84. The molecule has 6 heteroatoms. The zero-order valence-electron chi connectivity index (χ0n) is 17.7. The number of amides is 1. The van der Waals surface area contributed by atoms with Gasteiger partial charge in [-0.25, -0.2) is 4.39 Å². The molecule has 2 heterocycles. The highest BCUT2D eigenvalue weighted by molar-refractivity contribution is 5.91. The highest BCUT2D eigenvalue weighted by Crippen LogP contribution is 2.25. The fraction of sp³-hybridized carbons (Fsp3) is 0.231. The largest absolute Gasteiger partial charge is 0.453 e. The van der Waals surface area contributed by atoms with Gasteiger partial charge in [-0.05, 0) is 54.3 Å². The molecular formula is C26H25FN2O3. The molecule has 5 nitrogen and oxygen atoms in total. The maximum atomic E-state index is 14.4. The van der Waals surface area contributed by atoms with Gasteiger partial charge in [0.15, 0.2) is 11.6 Å². The minimum atomic E-state index is -0.500. The van der Waals surface area contributed by atoms with Gasteiger partial charge in [-0.15, -0.1) is 0 Å². The van der Waals surface area contributed by atoms with Crippen molar-refractivity contribution in [2.75, 3.05) is 13.1 Å². The Morgan fingerprint density at radius 1 is 1.09 bits per heavy atom. The fourth-order valence-electron chi connectivity index (χ4n) is 3.54. The zero-order valence-corrected chi connectivity index (χ0v) is 17.7. The molecule has 0 N–H and O–H groups in total. The molecular weight excluding hydrogens is 407 g/mol. The lowest BCUT2D eigenvalue weighted by atomic mass is 10.1. The van der Waals surface area contributed by atoms with Crippen molar-refractivity contribution in [2.24, 2.45) is 0 Å². The average molecular weight is 432 g/mol. The summed E-state index contributed by atoms with van der Waals surface area (Å²) in [5.41, 5.74) is 1.74. The molecule has 164 valence electrons. The van der Waals surface area contributed by atoms with Gasteiger partial charge >= 0.3 is 0 Å². The molecule has 32 heavy (non-hydrogen) atoms. The molecule has 1 aromatic heterocycles. The molecule has 0 atom stereocenters. The Balaban J connectivity index is 1.26. The first kappa shape index (κ1) is 21.7. The van der Waals surface area contributed by atoms with E-state index >= 15 is 0 Å². The lowest BCUT2D eigenvalue weighted by molar-refractivity contribution is -0.128. The SMILES string of the molecule is O=C(/C=C/c1ccc(Oc2cccnc2)c(F)c1)N1CCC(OCc2ccccc2)CC1. The van der Waals surface area contributed by atoms with Crippen LogP contribution in [-0.4, -0.2) is 35.0 Å². The van der Waals surface area contributed by atoms with Crippen LogP contribution in [0.3, 0.4) is 0 Å². The molecule has 1 saturated heterocycles. The molecule has 1 aliphatic heterocycles. The normalized spacial score (nSPS) is 14.6. The van der Waals surface area contributed by atoms with E-state index < -0.39 is 5.82 Å². The van der Waals surface area contributed by atoms with Crippen LogP contribution >= 0.6 is 0 Å². The van der Waals surface area contributed by atoms with Gasteiger partial charge in [-0.2, -0.15) is 0 Å². The van der Waals surface area contributed by atoms with E-state index in [0.29, 0.717) is 31.0 Å². The van der Waals surface area contributed by atoms with Crippen LogP contribution in [0.4, 0.5) is 4.39 Å². The molecule has 2 aromatic carbocycles. The number of ether oxygens (including phenoxy) is 2. The Labute approximate surface area is 187 Å². The smallest absolute Gasteiger partial charge is 0.246 e. The van der Waals surface area contributed by atoms with Crippen LogP contribution in [0.2, 0.25) is 0 Å².